The lowest BCUT2D eigenvalue weighted by Crippen LogP contribution is -2.34. The van der Waals surface area contributed by atoms with Crippen molar-refractivity contribution in [1.82, 2.24) is 0 Å². The number of thiophene rings is 1. The van der Waals surface area contributed by atoms with E-state index >= 15 is 0 Å². The van der Waals surface area contributed by atoms with Crippen molar-refractivity contribution in [3.8, 4) is 0 Å². The lowest BCUT2D eigenvalue weighted by atomic mass is 9.82. The van der Waals surface area contributed by atoms with E-state index in [1.807, 2.05) is 13.0 Å². The molecule has 0 fully saturated rings. The molecule has 6 nitrogen and oxygen atoms in total. The minimum absolute atomic E-state index is 0.282. The molecule has 0 aliphatic heterocycles. The zero-order chi connectivity index (χ0) is 17.0. The second kappa shape index (κ2) is 7.41. The van der Waals surface area contributed by atoms with Crippen LogP contribution in [-0.2, 0) is 16.0 Å². The number of allylic oxidation sites excluding steroid dienone is 2. The predicted molar refractivity (Wildman–Crippen MR) is 88.5 cm³/mol. The topological polar surface area (TPSA) is 109 Å². The first kappa shape index (κ1) is 17.2. The molecule has 0 unspecified atom stereocenters. The van der Waals surface area contributed by atoms with Gasteiger partial charge >= 0.3 is 5.97 Å². The minimum Gasteiger partial charge on any atom is -0.481 e. The fourth-order valence-electron chi connectivity index (χ4n) is 2.67. The number of carbonyl (C=O) groups is 3. The molecule has 124 valence electrons. The first-order valence-electron chi connectivity index (χ1n) is 7.55. The summed E-state index contributed by atoms with van der Waals surface area (Å²) in [7, 11) is 0. The van der Waals surface area contributed by atoms with Crippen LogP contribution >= 0.6 is 11.3 Å². The van der Waals surface area contributed by atoms with Crippen LogP contribution < -0.4 is 11.1 Å². The average Bonchev–Trinajstić information content (AvgIpc) is 2.90. The molecule has 0 saturated carbocycles. The molecule has 0 saturated heterocycles. The summed E-state index contributed by atoms with van der Waals surface area (Å²) in [6.45, 7) is 2.02. The van der Waals surface area contributed by atoms with Crippen molar-refractivity contribution < 1.29 is 19.5 Å². The summed E-state index contributed by atoms with van der Waals surface area (Å²) < 4.78 is 0. The van der Waals surface area contributed by atoms with E-state index < -0.39 is 23.7 Å². The van der Waals surface area contributed by atoms with Crippen LogP contribution in [0.5, 0.6) is 0 Å². The number of anilines is 1. The van der Waals surface area contributed by atoms with E-state index in [0.29, 0.717) is 17.8 Å². The molecule has 23 heavy (non-hydrogen) atoms. The SMILES string of the molecule is CCCc1cc(C(N)=O)c(NC(=O)[C@@H]2CC=CC[C@H]2C(=O)O)s1. The number of carboxylic acid groups (broad SMARTS) is 1. The predicted octanol–water partition coefficient (Wildman–Crippen LogP) is 2.41. The first-order valence-corrected chi connectivity index (χ1v) is 8.36. The summed E-state index contributed by atoms with van der Waals surface area (Å²) in [5.41, 5.74) is 5.65. The lowest BCUT2D eigenvalue weighted by molar-refractivity contribution is -0.146. The molecule has 2 atom stereocenters. The molecule has 1 aromatic heterocycles. The molecule has 1 aliphatic carbocycles. The van der Waals surface area contributed by atoms with Crippen molar-refractivity contribution in [2.45, 2.75) is 32.6 Å². The number of hydrogen-bond acceptors (Lipinski definition) is 4. The Morgan fingerprint density at radius 1 is 1.30 bits per heavy atom. The maximum atomic E-state index is 12.5. The third-order valence-corrected chi connectivity index (χ3v) is 4.98. The molecular weight excluding hydrogens is 316 g/mol. The molecule has 1 aromatic rings. The van der Waals surface area contributed by atoms with Gasteiger partial charge in [-0.15, -0.1) is 11.3 Å². The number of rotatable bonds is 6. The fourth-order valence-corrected chi connectivity index (χ4v) is 3.84. The summed E-state index contributed by atoms with van der Waals surface area (Å²) in [4.78, 5) is 36.3. The average molecular weight is 336 g/mol. The zero-order valence-corrected chi connectivity index (χ0v) is 13.7. The van der Waals surface area contributed by atoms with Crippen LogP contribution in [0, 0.1) is 11.8 Å². The summed E-state index contributed by atoms with van der Waals surface area (Å²) in [5, 5.41) is 12.4. The largest absolute Gasteiger partial charge is 0.481 e. The van der Waals surface area contributed by atoms with E-state index in [1.54, 1.807) is 12.1 Å². The first-order chi connectivity index (χ1) is 10.9. The van der Waals surface area contributed by atoms with Crippen LogP contribution in [0.1, 0.15) is 41.4 Å². The quantitative estimate of drug-likeness (QED) is 0.693. The Kier molecular flexibility index (Phi) is 5.54. The van der Waals surface area contributed by atoms with E-state index in [0.717, 1.165) is 17.7 Å². The van der Waals surface area contributed by atoms with Crippen LogP contribution in [0.4, 0.5) is 5.00 Å². The van der Waals surface area contributed by atoms with Gasteiger partial charge in [0.1, 0.15) is 5.00 Å². The number of amides is 2. The zero-order valence-electron chi connectivity index (χ0n) is 12.9. The van der Waals surface area contributed by atoms with Gasteiger partial charge in [0.05, 0.1) is 17.4 Å². The Bertz CT molecular complexity index is 651. The van der Waals surface area contributed by atoms with Crippen molar-refractivity contribution in [2.24, 2.45) is 17.6 Å². The number of primary amides is 1. The van der Waals surface area contributed by atoms with Gasteiger partial charge in [-0.05, 0) is 25.3 Å². The standard InChI is InChI=1S/C16H20N2O4S/c1-2-5-9-8-12(13(17)19)15(23-9)18-14(20)10-6-3-4-7-11(10)16(21)22/h3-4,8,10-11H,2,5-7H2,1H3,(H2,17,19)(H,18,20)(H,21,22)/t10-,11-/m1/s1. The molecule has 7 heteroatoms. The Labute approximate surface area is 138 Å². The Balaban J connectivity index is 2.20. The van der Waals surface area contributed by atoms with Crippen LogP contribution in [0.3, 0.4) is 0 Å². The van der Waals surface area contributed by atoms with Crippen molar-refractivity contribution in [1.29, 1.82) is 0 Å². The molecule has 1 aliphatic rings. The molecule has 0 radical (unpaired) electrons. The number of nitrogens with two attached hydrogens (primary N) is 1. The smallest absolute Gasteiger partial charge is 0.307 e. The number of aryl methyl sites for hydroxylation is 1. The summed E-state index contributed by atoms with van der Waals surface area (Å²) >= 11 is 1.32. The molecule has 1 heterocycles. The van der Waals surface area contributed by atoms with E-state index in [-0.39, 0.29) is 11.5 Å². The highest BCUT2D eigenvalue weighted by Gasteiger charge is 2.34. The molecule has 0 aromatic carbocycles. The van der Waals surface area contributed by atoms with Gasteiger partial charge in [-0.3, -0.25) is 14.4 Å². The number of aliphatic carboxylic acids is 1. The highest BCUT2D eigenvalue weighted by atomic mass is 32.1. The van der Waals surface area contributed by atoms with Gasteiger partial charge < -0.3 is 16.2 Å². The fraction of sp³-hybridized carbons (Fsp3) is 0.438. The molecule has 2 amide bonds. The highest BCUT2D eigenvalue weighted by Crippen LogP contribution is 2.32. The van der Waals surface area contributed by atoms with Gasteiger partial charge in [0.2, 0.25) is 5.91 Å². The normalized spacial score (nSPS) is 20.2. The van der Waals surface area contributed by atoms with Gasteiger partial charge in [0.15, 0.2) is 0 Å². The second-order valence-corrected chi connectivity index (χ2v) is 6.69. The number of carboxylic acids is 1. The molecule has 0 bridgehead atoms. The third kappa shape index (κ3) is 3.98. The van der Waals surface area contributed by atoms with Gasteiger partial charge in [0, 0.05) is 4.88 Å². The Morgan fingerprint density at radius 2 is 1.96 bits per heavy atom. The van der Waals surface area contributed by atoms with Crippen molar-refractivity contribution in [3.05, 3.63) is 28.7 Å². The highest BCUT2D eigenvalue weighted by molar-refractivity contribution is 7.16. The van der Waals surface area contributed by atoms with Crippen LogP contribution in [0.25, 0.3) is 0 Å². The summed E-state index contributed by atoms with van der Waals surface area (Å²) in [5.74, 6) is -3.35. The van der Waals surface area contributed by atoms with Crippen LogP contribution in [0.2, 0.25) is 0 Å². The maximum absolute atomic E-state index is 12.5. The monoisotopic (exact) mass is 336 g/mol. The van der Waals surface area contributed by atoms with Crippen molar-refractivity contribution in [3.63, 3.8) is 0 Å². The van der Waals surface area contributed by atoms with E-state index in [1.165, 1.54) is 11.3 Å². The minimum atomic E-state index is -0.984. The third-order valence-electron chi connectivity index (χ3n) is 3.87. The Morgan fingerprint density at radius 3 is 2.52 bits per heavy atom. The lowest BCUT2D eigenvalue weighted by Gasteiger charge is -2.24. The van der Waals surface area contributed by atoms with Gasteiger partial charge in [0.25, 0.3) is 5.91 Å². The van der Waals surface area contributed by atoms with Gasteiger partial charge in [-0.25, -0.2) is 0 Å². The molecule has 0 spiro atoms. The van der Waals surface area contributed by atoms with E-state index in [4.69, 9.17) is 5.73 Å². The number of nitrogens with one attached hydrogen (secondary N) is 1. The Hall–Kier alpha value is -2.15. The van der Waals surface area contributed by atoms with E-state index in [9.17, 15) is 19.5 Å². The number of carbonyl (C=O) groups excluding carboxylic acids is 2. The number of hydrogen-bond donors (Lipinski definition) is 3. The summed E-state index contributed by atoms with van der Waals surface area (Å²) in [6.07, 6.45) is 6.02. The van der Waals surface area contributed by atoms with Gasteiger partial charge in [-0.2, -0.15) is 0 Å². The molecule has 2 rings (SSSR count). The van der Waals surface area contributed by atoms with Crippen LogP contribution in [0.15, 0.2) is 18.2 Å². The molecular formula is C16H20N2O4S. The maximum Gasteiger partial charge on any atom is 0.307 e. The molecule has 4 N–H and O–H groups in total. The van der Waals surface area contributed by atoms with E-state index in [2.05, 4.69) is 5.32 Å². The summed E-state index contributed by atoms with van der Waals surface area (Å²) in [6, 6.07) is 1.70. The second-order valence-electron chi connectivity index (χ2n) is 5.55. The van der Waals surface area contributed by atoms with Crippen LogP contribution in [-0.4, -0.2) is 22.9 Å². The van der Waals surface area contributed by atoms with Crippen molar-refractivity contribution in [2.75, 3.05) is 5.32 Å². The van der Waals surface area contributed by atoms with Crippen molar-refractivity contribution >= 4 is 34.1 Å². The van der Waals surface area contributed by atoms with Gasteiger partial charge in [-0.1, -0.05) is 25.5 Å².